The highest BCUT2D eigenvalue weighted by molar-refractivity contribution is 6.11. The van der Waals surface area contributed by atoms with E-state index < -0.39 is 0 Å². The van der Waals surface area contributed by atoms with Crippen molar-refractivity contribution in [2.75, 3.05) is 0 Å². The molecule has 5 heteroatoms. The van der Waals surface area contributed by atoms with E-state index in [1.165, 1.54) is 33.0 Å². The Morgan fingerprint density at radius 1 is 0.500 bits per heavy atom. The molecule has 0 fully saturated rings. The molecule has 0 aliphatic heterocycles. The maximum atomic E-state index is 5.84. The van der Waals surface area contributed by atoms with Gasteiger partial charge in [-0.25, -0.2) is 9.97 Å². The van der Waals surface area contributed by atoms with Crippen molar-refractivity contribution in [1.82, 2.24) is 19.5 Å². The lowest BCUT2D eigenvalue weighted by Crippen LogP contribution is -1.94. The number of aromatic nitrogens is 4. The molecule has 0 atom stereocenters. The van der Waals surface area contributed by atoms with Gasteiger partial charge in [0.05, 0.1) is 11.0 Å². The molecule has 5 aromatic carbocycles. The fraction of sp³-hybridized carbons (Fsp3) is 0. The van der Waals surface area contributed by atoms with Crippen LogP contribution in [0.25, 0.3) is 72.6 Å². The summed E-state index contributed by atoms with van der Waals surface area (Å²) in [5, 5.41) is 2.43. The van der Waals surface area contributed by atoms with Crippen LogP contribution < -0.4 is 0 Å². The molecule has 0 radical (unpaired) electrons. The third-order valence-electron chi connectivity index (χ3n) is 7.40. The van der Waals surface area contributed by atoms with Gasteiger partial charge in [0.15, 0.2) is 0 Å². The lowest BCUT2D eigenvalue weighted by atomic mass is 10.0. The topological polar surface area (TPSA) is 56.7 Å². The average molecular weight is 515 g/mol. The fourth-order valence-electron chi connectivity index (χ4n) is 5.48. The predicted octanol–water partition coefficient (Wildman–Crippen LogP) is 8.72. The summed E-state index contributed by atoms with van der Waals surface area (Å²) in [6.07, 6.45) is 3.22. The van der Waals surface area contributed by atoms with E-state index in [-0.39, 0.29) is 0 Å². The van der Waals surface area contributed by atoms with Gasteiger partial charge in [0.25, 0.3) is 5.71 Å². The van der Waals surface area contributed by atoms with E-state index >= 15 is 0 Å². The van der Waals surface area contributed by atoms with Crippen LogP contribution in [0.4, 0.5) is 0 Å². The van der Waals surface area contributed by atoms with Gasteiger partial charge in [-0.1, -0.05) is 72.8 Å². The number of nitrogens with zero attached hydrogens (tertiary/aromatic N) is 4. The van der Waals surface area contributed by atoms with Crippen LogP contribution in [0, 0.1) is 0 Å². The van der Waals surface area contributed by atoms with E-state index in [0.29, 0.717) is 17.3 Å². The largest absolute Gasteiger partial charge is 0.416 e. The van der Waals surface area contributed by atoms with Crippen molar-refractivity contribution in [3.8, 4) is 39.4 Å². The first-order chi connectivity index (χ1) is 19.8. The van der Waals surface area contributed by atoms with Gasteiger partial charge in [-0.05, 0) is 70.8 Å². The smallest absolute Gasteiger partial charge is 0.266 e. The Morgan fingerprint density at radius 2 is 1.05 bits per heavy atom. The fourth-order valence-corrected chi connectivity index (χ4v) is 5.48. The van der Waals surface area contributed by atoms with Crippen molar-refractivity contribution >= 4 is 33.2 Å². The first-order valence-corrected chi connectivity index (χ1v) is 13.2. The summed E-state index contributed by atoms with van der Waals surface area (Å²) >= 11 is 0. The maximum absolute atomic E-state index is 5.84. The summed E-state index contributed by atoms with van der Waals surface area (Å²) in [6, 6.07) is 42.9. The van der Waals surface area contributed by atoms with E-state index in [2.05, 4.69) is 129 Å². The first kappa shape index (κ1) is 22.4. The van der Waals surface area contributed by atoms with Crippen LogP contribution in [-0.2, 0) is 0 Å². The number of hydrogen-bond donors (Lipinski definition) is 0. The molecule has 8 aromatic rings. The van der Waals surface area contributed by atoms with Gasteiger partial charge in [0.1, 0.15) is 0 Å². The molecule has 40 heavy (non-hydrogen) atoms. The van der Waals surface area contributed by atoms with Crippen LogP contribution in [-0.4, -0.2) is 19.5 Å². The lowest BCUT2D eigenvalue weighted by Gasteiger charge is -2.09. The minimum absolute atomic E-state index is 0.437. The highest BCUT2D eigenvalue weighted by atomic mass is 16.4. The lowest BCUT2D eigenvalue weighted by molar-refractivity contribution is 0.607. The first-order valence-electron chi connectivity index (χ1n) is 13.2. The summed E-state index contributed by atoms with van der Waals surface area (Å²) in [5.41, 5.74) is 10.0. The van der Waals surface area contributed by atoms with Gasteiger partial charge >= 0.3 is 0 Å². The van der Waals surface area contributed by atoms with Crippen LogP contribution in [0.2, 0.25) is 0 Å². The van der Waals surface area contributed by atoms with Crippen molar-refractivity contribution in [2.24, 2.45) is 0 Å². The Morgan fingerprint density at radius 3 is 1.62 bits per heavy atom. The van der Waals surface area contributed by atoms with Crippen molar-refractivity contribution in [3.05, 3.63) is 134 Å². The highest BCUT2D eigenvalue weighted by Crippen LogP contribution is 2.37. The Balaban J connectivity index is 1.31. The molecule has 3 aromatic heterocycles. The van der Waals surface area contributed by atoms with Crippen LogP contribution in [0.15, 0.2) is 138 Å². The number of oxazole rings is 1. The minimum atomic E-state index is 0.437. The predicted molar refractivity (Wildman–Crippen MR) is 160 cm³/mol. The van der Waals surface area contributed by atoms with E-state index in [0.717, 1.165) is 22.3 Å². The number of benzene rings is 5. The molecule has 0 aliphatic carbocycles. The maximum Gasteiger partial charge on any atom is 0.266 e. The average Bonchev–Trinajstić information content (AvgIpc) is 3.61. The molecule has 5 nitrogen and oxygen atoms in total. The van der Waals surface area contributed by atoms with Crippen LogP contribution in [0.5, 0.6) is 0 Å². The molecule has 0 N–H and O–H groups in total. The zero-order valence-electron chi connectivity index (χ0n) is 21.4. The molecule has 0 unspecified atom stereocenters. The van der Waals surface area contributed by atoms with Gasteiger partial charge in [0, 0.05) is 34.4 Å². The van der Waals surface area contributed by atoms with Gasteiger partial charge < -0.3 is 8.98 Å². The highest BCUT2D eigenvalue weighted by Gasteiger charge is 2.16. The second-order valence-electron chi connectivity index (χ2n) is 9.78. The summed E-state index contributed by atoms with van der Waals surface area (Å²) in [5.74, 6) is 0.509. The van der Waals surface area contributed by atoms with E-state index in [9.17, 15) is 0 Å². The Kier molecular flexibility index (Phi) is 5.07. The molecule has 0 bridgehead atoms. The third-order valence-corrected chi connectivity index (χ3v) is 7.40. The quantitative estimate of drug-likeness (QED) is 0.236. The van der Waals surface area contributed by atoms with E-state index in [1.54, 1.807) is 12.4 Å². The summed E-state index contributed by atoms with van der Waals surface area (Å²) in [6.45, 7) is 0. The normalized spacial score (nSPS) is 11.5. The molecule has 3 heterocycles. The second-order valence-corrected chi connectivity index (χ2v) is 9.78. The zero-order valence-corrected chi connectivity index (χ0v) is 21.4. The molecule has 0 amide bonds. The zero-order chi connectivity index (χ0) is 26.5. The van der Waals surface area contributed by atoms with E-state index in [4.69, 9.17) is 4.42 Å². The third kappa shape index (κ3) is 3.68. The van der Waals surface area contributed by atoms with Crippen molar-refractivity contribution in [3.63, 3.8) is 0 Å². The van der Waals surface area contributed by atoms with Crippen molar-refractivity contribution < 1.29 is 4.42 Å². The molecule has 0 saturated heterocycles. The van der Waals surface area contributed by atoms with Crippen LogP contribution in [0.3, 0.4) is 0 Å². The molecular formula is C35H22N4O. The van der Waals surface area contributed by atoms with Crippen LogP contribution >= 0.6 is 0 Å². The molecule has 188 valence electrons. The summed E-state index contributed by atoms with van der Waals surface area (Å²) in [4.78, 5) is 13.0. The Hall–Kier alpha value is -5.55. The van der Waals surface area contributed by atoms with Gasteiger partial charge in [-0.3, -0.25) is 0 Å². The molecule has 0 aliphatic rings. The minimum Gasteiger partial charge on any atom is -0.416 e. The van der Waals surface area contributed by atoms with Gasteiger partial charge in [-0.2, -0.15) is 4.98 Å². The number of fused-ring (bicyclic) bond motifs is 4. The Bertz CT molecular complexity index is 2010. The molecule has 8 rings (SSSR count). The van der Waals surface area contributed by atoms with Crippen molar-refractivity contribution in [2.45, 2.75) is 0 Å². The SMILES string of the molecule is c1ccc(-c2ccc3c(c2)c2cc(-c4ccccc4)ccc2n3-c2ccc(-c3nc4nccnc4o3)cc2)cc1. The van der Waals surface area contributed by atoms with Crippen molar-refractivity contribution in [1.29, 1.82) is 0 Å². The molecular weight excluding hydrogens is 492 g/mol. The van der Waals surface area contributed by atoms with Crippen LogP contribution in [0.1, 0.15) is 0 Å². The van der Waals surface area contributed by atoms with Gasteiger partial charge in [-0.15, -0.1) is 0 Å². The van der Waals surface area contributed by atoms with E-state index in [1.807, 2.05) is 12.1 Å². The molecule has 0 spiro atoms. The number of rotatable bonds is 4. The second kappa shape index (κ2) is 9.03. The summed E-state index contributed by atoms with van der Waals surface area (Å²) < 4.78 is 8.17. The Labute approximate surface area is 230 Å². The standard InChI is InChI=1S/C35H22N4O/c1-3-7-23(8-4-1)26-13-17-31-29(21-26)30-22-27(24-9-5-2-6-10-24)14-18-32(30)39(31)28-15-11-25(12-16-28)34-38-33-35(40-34)37-20-19-36-33/h1-22H. The number of hydrogen-bond acceptors (Lipinski definition) is 4. The molecule has 0 saturated carbocycles. The monoisotopic (exact) mass is 514 g/mol. The summed E-state index contributed by atoms with van der Waals surface area (Å²) in [7, 11) is 0. The van der Waals surface area contributed by atoms with Gasteiger partial charge in [0.2, 0.25) is 11.5 Å².